The Hall–Kier alpha value is -4.14. The number of hydrogen-bond acceptors (Lipinski definition) is 5. The summed E-state index contributed by atoms with van der Waals surface area (Å²) in [6.07, 6.45) is -3.25. The quantitative estimate of drug-likeness (QED) is 0.342. The summed E-state index contributed by atoms with van der Waals surface area (Å²) >= 11 is 0. The van der Waals surface area contributed by atoms with Crippen molar-refractivity contribution in [1.82, 2.24) is 10.1 Å². The Bertz CT molecular complexity index is 1260. The highest BCUT2D eigenvalue weighted by Gasteiger charge is 2.34. The van der Waals surface area contributed by atoms with Crippen molar-refractivity contribution in [2.45, 2.75) is 19.7 Å². The van der Waals surface area contributed by atoms with Gasteiger partial charge in [0, 0.05) is 29.1 Å². The third kappa shape index (κ3) is 5.43. The molecule has 1 amide bonds. The summed E-state index contributed by atoms with van der Waals surface area (Å²) in [5, 5.41) is 4.09. The number of aryl methyl sites for hydroxylation is 1. The van der Waals surface area contributed by atoms with E-state index in [1.165, 1.54) is 30.5 Å². The van der Waals surface area contributed by atoms with E-state index in [9.17, 15) is 18.0 Å². The lowest BCUT2D eigenvalue weighted by Crippen LogP contribution is -2.39. The molecule has 0 spiro atoms. The maximum atomic E-state index is 13.2. The van der Waals surface area contributed by atoms with Crippen molar-refractivity contribution in [1.29, 1.82) is 0 Å². The lowest BCUT2D eigenvalue weighted by atomic mass is 10.1. The fraction of sp³-hybridized carbons (Fsp3) is 0.160. The molecule has 4 aromatic rings. The Labute approximate surface area is 193 Å². The van der Waals surface area contributed by atoms with Crippen LogP contribution in [0, 0.1) is 6.92 Å². The van der Waals surface area contributed by atoms with Crippen LogP contribution in [0.1, 0.15) is 21.7 Å². The van der Waals surface area contributed by atoms with Gasteiger partial charge >= 0.3 is 6.18 Å². The van der Waals surface area contributed by atoms with Gasteiger partial charge in [0.1, 0.15) is 24.6 Å². The van der Waals surface area contributed by atoms with E-state index in [1.807, 2.05) is 30.3 Å². The van der Waals surface area contributed by atoms with Crippen molar-refractivity contribution in [3.63, 3.8) is 0 Å². The van der Waals surface area contributed by atoms with Crippen LogP contribution in [-0.2, 0) is 6.61 Å². The summed E-state index contributed by atoms with van der Waals surface area (Å²) in [4.78, 5) is 17.8. The minimum absolute atomic E-state index is 0.0171. The highest BCUT2D eigenvalue weighted by atomic mass is 19.4. The van der Waals surface area contributed by atoms with E-state index in [-0.39, 0.29) is 23.7 Å². The van der Waals surface area contributed by atoms with Crippen molar-refractivity contribution in [3.8, 4) is 17.1 Å². The number of pyridine rings is 1. The molecule has 2 aromatic carbocycles. The largest absolute Gasteiger partial charge is 0.473 e. The van der Waals surface area contributed by atoms with E-state index in [4.69, 9.17) is 9.26 Å². The van der Waals surface area contributed by atoms with Gasteiger partial charge in [0.25, 0.3) is 5.91 Å². The first-order valence-corrected chi connectivity index (χ1v) is 10.3. The Morgan fingerprint density at radius 1 is 1.03 bits per heavy atom. The summed E-state index contributed by atoms with van der Waals surface area (Å²) in [5.74, 6) is -0.168. The monoisotopic (exact) mass is 467 g/mol. The number of halogens is 3. The number of alkyl halides is 3. The third-order valence-corrected chi connectivity index (χ3v) is 5.03. The fourth-order valence-electron chi connectivity index (χ4n) is 3.37. The van der Waals surface area contributed by atoms with Crippen LogP contribution < -0.4 is 9.64 Å². The van der Waals surface area contributed by atoms with E-state index in [1.54, 1.807) is 25.1 Å². The second-order valence-corrected chi connectivity index (χ2v) is 7.45. The highest BCUT2D eigenvalue weighted by molar-refractivity contribution is 6.06. The van der Waals surface area contributed by atoms with Gasteiger partial charge in [-0.15, -0.1) is 0 Å². The average Bonchev–Trinajstić information content (AvgIpc) is 3.21. The maximum absolute atomic E-state index is 13.2. The zero-order valence-electron chi connectivity index (χ0n) is 18.1. The molecule has 0 aliphatic carbocycles. The third-order valence-electron chi connectivity index (χ3n) is 5.03. The molecular weight excluding hydrogens is 447 g/mol. The SMILES string of the molecule is Cc1onc(-c2ccccc2)c1COc1cc(C(=O)N(CC(F)(F)F)c2ccccc2)ccn1. The zero-order valence-corrected chi connectivity index (χ0v) is 18.1. The van der Waals surface area contributed by atoms with E-state index < -0.39 is 18.6 Å². The minimum atomic E-state index is -4.57. The maximum Gasteiger partial charge on any atom is 0.406 e. The molecule has 0 N–H and O–H groups in total. The van der Waals surface area contributed by atoms with E-state index in [0.29, 0.717) is 21.9 Å². The molecule has 34 heavy (non-hydrogen) atoms. The number of benzene rings is 2. The zero-order chi connectivity index (χ0) is 24.1. The molecule has 0 saturated carbocycles. The average molecular weight is 467 g/mol. The summed E-state index contributed by atoms with van der Waals surface area (Å²) in [5.41, 5.74) is 2.32. The molecule has 174 valence electrons. The fourth-order valence-corrected chi connectivity index (χ4v) is 3.37. The molecule has 2 heterocycles. The van der Waals surface area contributed by atoms with Gasteiger partial charge in [0.2, 0.25) is 5.88 Å². The smallest absolute Gasteiger partial charge is 0.406 e. The lowest BCUT2D eigenvalue weighted by Gasteiger charge is -2.24. The first-order valence-electron chi connectivity index (χ1n) is 10.3. The number of carbonyl (C=O) groups excluding carboxylic acids is 1. The Balaban J connectivity index is 1.55. The Morgan fingerprint density at radius 2 is 1.71 bits per heavy atom. The molecule has 0 bridgehead atoms. The van der Waals surface area contributed by atoms with E-state index in [2.05, 4.69) is 10.1 Å². The number of hydrogen-bond donors (Lipinski definition) is 0. The van der Waals surface area contributed by atoms with Crippen LogP contribution in [0.25, 0.3) is 11.3 Å². The molecule has 0 saturated heterocycles. The molecule has 0 radical (unpaired) electrons. The number of para-hydroxylation sites is 1. The van der Waals surface area contributed by atoms with Gasteiger partial charge in [-0.1, -0.05) is 53.7 Å². The molecule has 6 nitrogen and oxygen atoms in total. The normalized spacial score (nSPS) is 11.3. The number of anilines is 1. The summed E-state index contributed by atoms with van der Waals surface area (Å²) in [7, 11) is 0. The topological polar surface area (TPSA) is 68.5 Å². The first kappa shape index (κ1) is 23.0. The van der Waals surface area contributed by atoms with Crippen molar-refractivity contribution >= 4 is 11.6 Å². The van der Waals surface area contributed by atoms with Crippen molar-refractivity contribution < 1.29 is 27.2 Å². The standard InChI is InChI=1S/C25H20F3N3O3/c1-17-21(23(30-34-17)18-8-4-2-5-9-18)15-33-22-14-19(12-13-29-22)24(32)31(16-25(26,27)28)20-10-6-3-7-11-20/h2-14H,15-16H2,1H3. The van der Waals surface area contributed by atoms with Gasteiger partial charge < -0.3 is 9.26 Å². The van der Waals surface area contributed by atoms with Crippen molar-refractivity contribution in [2.24, 2.45) is 0 Å². The molecule has 0 unspecified atom stereocenters. The van der Waals surface area contributed by atoms with Crippen LogP contribution >= 0.6 is 0 Å². The molecule has 0 aliphatic rings. The van der Waals surface area contributed by atoms with E-state index in [0.717, 1.165) is 5.56 Å². The molecule has 9 heteroatoms. The second kappa shape index (κ2) is 9.78. The van der Waals surface area contributed by atoms with Gasteiger partial charge in [-0.05, 0) is 25.1 Å². The molecule has 2 aromatic heterocycles. The van der Waals surface area contributed by atoms with Crippen LogP contribution in [0.15, 0.2) is 83.5 Å². The van der Waals surface area contributed by atoms with Crippen LogP contribution in [-0.4, -0.2) is 28.8 Å². The lowest BCUT2D eigenvalue weighted by molar-refractivity contribution is -0.118. The van der Waals surface area contributed by atoms with Crippen LogP contribution in [0.5, 0.6) is 5.88 Å². The van der Waals surface area contributed by atoms with E-state index >= 15 is 0 Å². The summed E-state index contributed by atoms with van der Waals surface area (Å²) in [6, 6.07) is 19.8. The predicted molar refractivity (Wildman–Crippen MR) is 119 cm³/mol. The molecule has 0 aliphatic heterocycles. The van der Waals surface area contributed by atoms with Crippen LogP contribution in [0.2, 0.25) is 0 Å². The van der Waals surface area contributed by atoms with Gasteiger partial charge in [-0.3, -0.25) is 9.69 Å². The molecule has 0 fully saturated rings. The number of carbonyl (C=O) groups is 1. The second-order valence-electron chi connectivity index (χ2n) is 7.45. The first-order chi connectivity index (χ1) is 16.3. The number of aromatic nitrogens is 2. The Morgan fingerprint density at radius 3 is 2.38 bits per heavy atom. The van der Waals surface area contributed by atoms with Crippen LogP contribution in [0.4, 0.5) is 18.9 Å². The number of rotatable bonds is 7. The number of amides is 1. The summed E-state index contributed by atoms with van der Waals surface area (Å²) in [6.45, 7) is 0.379. The Kier molecular flexibility index (Phi) is 6.62. The van der Waals surface area contributed by atoms with Crippen molar-refractivity contribution in [2.75, 3.05) is 11.4 Å². The van der Waals surface area contributed by atoms with Gasteiger partial charge in [-0.2, -0.15) is 13.2 Å². The number of nitrogens with zero attached hydrogens (tertiary/aromatic N) is 3. The van der Waals surface area contributed by atoms with Crippen molar-refractivity contribution in [3.05, 3.63) is 95.9 Å². The number of ether oxygens (including phenoxy) is 1. The summed E-state index contributed by atoms with van der Waals surface area (Å²) < 4.78 is 50.7. The molecule has 0 atom stereocenters. The van der Waals surface area contributed by atoms with Gasteiger partial charge in [-0.25, -0.2) is 4.98 Å². The highest BCUT2D eigenvalue weighted by Crippen LogP contribution is 2.27. The van der Waals surface area contributed by atoms with Gasteiger partial charge in [0.15, 0.2) is 0 Å². The molecule has 4 rings (SSSR count). The minimum Gasteiger partial charge on any atom is -0.473 e. The van der Waals surface area contributed by atoms with Gasteiger partial charge in [0.05, 0.1) is 5.56 Å². The van der Waals surface area contributed by atoms with Crippen LogP contribution in [0.3, 0.4) is 0 Å². The predicted octanol–water partition coefficient (Wildman–Crippen LogP) is 5.83. The molecular formula is C25H20F3N3O3.